The summed E-state index contributed by atoms with van der Waals surface area (Å²) in [6, 6.07) is 5.77. The Labute approximate surface area is 165 Å². The number of aliphatic imine (C=N–C) groups is 1. The fraction of sp³-hybridized carbons (Fsp3) is 0.412. The van der Waals surface area contributed by atoms with E-state index in [2.05, 4.69) is 20.7 Å². The zero-order valence-corrected chi connectivity index (χ0v) is 17.4. The van der Waals surface area contributed by atoms with Gasteiger partial charge in [-0.3, -0.25) is 4.68 Å². The van der Waals surface area contributed by atoms with Gasteiger partial charge in [0.1, 0.15) is 11.5 Å². The lowest BCUT2D eigenvalue weighted by atomic mass is 10.2. The van der Waals surface area contributed by atoms with Gasteiger partial charge in [0.05, 0.1) is 27.0 Å². The highest BCUT2D eigenvalue weighted by Crippen LogP contribution is 2.24. The zero-order chi connectivity index (χ0) is 17.4. The van der Waals surface area contributed by atoms with Crippen LogP contribution in [0.4, 0.5) is 0 Å². The SMILES string of the molecule is CCNC(=NCc1cnn(C)c1)NCc1ccc(OC)cc1OC.I. The van der Waals surface area contributed by atoms with Crippen LogP contribution in [-0.4, -0.2) is 36.5 Å². The quantitative estimate of drug-likeness (QED) is 0.378. The number of halogens is 1. The topological polar surface area (TPSA) is 72.7 Å². The van der Waals surface area contributed by atoms with E-state index in [1.54, 1.807) is 18.9 Å². The smallest absolute Gasteiger partial charge is 0.191 e. The van der Waals surface area contributed by atoms with Crippen LogP contribution < -0.4 is 20.1 Å². The molecule has 0 fully saturated rings. The maximum atomic E-state index is 5.42. The molecule has 7 nitrogen and oxygen atoms in total. The molecular weight excluding hydrogens is 433 g/mol. The Morgan fingerprint density at radius 2 is 2.04 bits per heavy atom. The number of nitrogens with zero attached hydrogens (tertiary/aromatic N) is 3. The third kappa shape index (κ3) is 6.45. The highest BCUT2D eigenvalue weighted by molar-refractivity contribution is 14.0. The van der Waals surface area contributed by atoms with Gasteiger partial charge in [0.2, 0.25) is 0 Å². The summed E-state index contributed by atoms with van der Waals surface area (Å²) >= 11 is 0. The molecule has 2 aromatic rings. The average molecular weight is 459 g/mol. The van der Waals surface area contributed by atoms with Crippen LogP contribution in [0.15, 0.2) is 35.6 Å². The molecule has 0 saturated carbocycles. The minimum Gasteiger partial charge on any atom is -0.497 e. The summed E-state index contributed by atoms with van der Waals surface area (Å²) in [5, 5.41) is 10.7. The lowest BCUT2D eigenvalue weighted by molar-refractivity contribution is 0.390. The number of guanidine groups is 1. The molecule has 8 heteroatoms. The first kappa shape index (κ1) is 21.1. The molecule has 0 aliphatic heterocycles. The first-order valence-corrected chi connectivity index (χ1v) is 7.86. The Hall–Kier alpha value is -1.97. The van der Waals surface area contributed by atoms with Crippen molar-refractivity contribution >= 4 is 29.9 Å². The van der Waals surface area contributed by atoms with E-state index in [4.69, 9.17) is 9.47 Å². The fourth-order valence-corrected chi connectivity index (χ4v) is 2.24. The van der Waals surface area contributed by atoms with Gasteiger partial charge in [-0.25, -0.2) is 4.99 Å². The van der Waals surface area contributed by atoms with E-state index >= 15 is 0 Å². The van der Waals surface area contributed by atoms with Crippen molar-refractivity contribution in [3.05, 3.63) is 41.7 Å². The number of methoxy groups -OCH3 is 2. The van der Waals surface area contributed by atoms with Crippen molar-refractivity contribution in [1.82, 2.24) is 20.4 Å². The summed E-state index contributed by atoms with van der Waals surface area (Å²) in [7, 11) is 5.19. The van der Waals surface area contributed by atoms with Crippen molar-refractivity contribution in [2.24, 2.45) is 12.0 Å². The summed E-state index contributed by atoms with van der Waals surface area (Å²) in [5.74, 6) is 2.30. The molecule has 2 N–H and O–H groups in total. The minimum absolute atomic E-state index is 0. The largest absolute Gasteiger partial charge is 0.497 e. The van der Waals surface area contributed by atoms with Crippen LogP contribution in [0.3, 0.4) is 0 Å². The number of nitrogens with one attached hydrogen (secondary N) is 2. The molecule has 0 aliphatic carbocycles. The molecule has 2 rings (SSSR count). The van der Waals surface area contributed by atoms with Crippen LogP contribution in [-0.2, 0) is 20.1 Å². The third-order valence-electron chi connectivity index (χ3n) is 3.46. The van der Waals surface area contributed by atoms with Crippen LogP contribution >= 0.6 is 24.0 Å². The summed E-state index contributed by atoms with van der Waals surface area (Å²) in [4.78, 5) is 4.58. The van der Waals surface area contributed by atoms with Gasteiger partial charge >= 0.3 is 0 Å². The van der Waals surface area contributed by atoms with Crippen LogP contribution in [0.2, 0.25) is 0 Å². The summed E-state index contributed by atoms with van der Waals surface area (Å²) in [6.07, 6.45) is 3.78. The Bertz CT molecular complexity index is 687. The number of aryl methyl sites for hydroxylation is 1. The van der Waals surface area contributed by atoms with Gasteiger partial charge in [-0.2, -0.15) is 5.10 Å². The number of aromatic nitrogens is 2. The van der Waals surface area contributed by atoms with Crippen LogP contribution in [0.5, 0.6) is 11.5 Å². The van der Waals surface area contributed by atoms with E-state index in [0.717, 1.165) is 35.1 Å². The monoisotopic (exact) mass is 459 g/mol. The van der Waals surface area contributed by atoms with E-state index in [-0.39, 0.29) is 24.0 Å². The van der Waals surface area contributed by atoms with E-state index in [1.807, 2.05) is 44.6 Å². The molecule has 0 saturated heterocycles. The summed E-state index contributed by atoms with van der Waals surface area (Å²) in [6.45, 7) is 4.00. The standard InChI is InChI=1S/C17H25N5O2.HI/c1-5-18-17(19-9-13-10-21-22(2)12-13)20-11-14-6-7-15(23-3)8-16(14)24-4;/h6-8,10,12H,5,9,11H2,1-4H3,(H2,18,19,20);1H. The van der Waals surface area contributed by atoms with Crippen LogP contribution in [0.25, 0.3) is 0 Å². The second kappa shape index (κ2) is 10.8. The molecule has 0 spiro atoms. The second-order valence-electron chi connectivity index (χ2n) is 5.25. The van der Waals surface area contributed by atoms with Gasteiger partial charge in [0, 0.05) is 43.5 Å². The molecule has 0 unspecified atom stereocenters. The van der Waals surface area contributed by atoms with Gasteiger partial charge < -0.3 is 20.1 Å². The zero-order valence-electron chi connectivity index (χ0n) is 15.1. The molecule has 0 aliphatic rings. The predicted octanol–water partition coefficient (Wildman–Crippen LogP) is 2.31. The first-order chi connectivity index (χ1) is 11.7. The van der Waals surface area contributed by atoms with Crippen molar-refractivity contribution in [2.75, 3.05) is 20.8 Å². The van der Waals surface area contributed by atoms with Crippen molar-refractivity contribution in [2.45, 2.75) is 20.0 Å². The Kier molecular flexibility index (Phi) is 9.11. The average Bonchev–Trinajstić information content (AvgIpc) is 3.02. The van der Waals surface area contributed by atoms with Gasteiger partial charge in [-0.15, -0.1) is 24.0 Å². The molecule has 1 aromatic carbocycles. The molecule has 1 heterocycles. The van der Waals surface area contributed by atoms with Crippen molar-refractivity contribution in [3.8, 4) is 11.5 Å². The highest BCUT2D eigenvalue weighted by atomic mass is 127. The Morgan fingerprint density at radius 1 is 1.24 bits per heavy atom. The number of ether oxygens (including phenoxy) is 2. The molecule has 25 heavy (non-hydrogen) atoms. The highest BCUT2D eigenvalue weighted by Gasteiger charge is 2.06. The number of benzene rings is 1. The Balaban J connectivity index is 0.00000312. The predicted molar refractivity (Wildman–Crippen MR) is 110 cm³/mol. The van der Waals surface area contributed by atoms with E-state index < -0.39 is 0 Å². The molecule has 0 bridgehead atoms. The van der Waals surface area contributed by atoms with Crippen molar-refractivity contribution in [1.29, 1.82) is 0 Å². The molecule has 1 aromatic heterocycles. The van der Waals surface area contributed by atoms with Crippen molar-refractivity contribution in [3.63, 3.8) is 0 Å². The normalized spacial score (nSPS) is 10.8. The lowest BCUT2D eigenvalue weighted by Gasteiger charge is -2.14. The number of hydrogen-bond acceptors (Lipinski definition) is 4. The summed E-state index contributed by atoms with van der Waals surface area (Å²) < 4.78 is 12.4. The Morgan fingerprint density at radius 3 is 2.64 bits per heavy atom. The molecule has 0 atom stereocenters. The third-order valence-corrected chi connectivity index (χ3v) is 3.46. The number of hydrogen-bond donors (Lipinski definition) is 2. The molecular formula is C17H26IN5O2. The van der Waals surface area contributed by atoms with Gasteiger partial charge in [0.25, 0.3) is 0 Å². The fourth-order valence-electron chi connectivity index (χ4n) is 2.24. The van der Waals surface area contributed by atoms with Crippen LogP contribution in [0, 0.1) is 0 Å². The molecule has 138 valence electrons. The number of rotatable bonds is 7. The van der Waals surface area contributed by atoms with E-state index in [0.29, 0.717) is 13.1 Å². The van der Waals surface area contributed by atoms with Gasteiger partial charge in [-0.1, -0.05) is 0 Å². The summed E-state index contributed by atoms with van der Waals surface area (Å²) in [5.41, 5.74) is 2.10. The van der Waals surface area contributed by atoms with Crippen molar-refractivity contribution < 1.29 is 9.47 Å². The van der Waals surface area contributed by atoms with Gasteiger partial charge in [-0.05, 0) is 19.1 Å². The van der Waals surface area contributed by atoms with Crippen LogP contribution in [0.1, 0.15) is 18.1 Å². The second-order valence-corrected chi connectivity index (χ2v) is 5.25. The lowest BCUT2D eigenvalue weighted by Crippen LogP contribution is -2.36. The minimum atomic E-state index is 0. The molecule has 0 amide bonds. The maximum Gasteiger partial charge on any atom is 0.191 e. The maximum absolute atomic E-state index is 5.42. The van der Waals surface area contributed by atoms with E-state index in [9.17, 15) is 0 Å². The van der Waals surface area contributed by atoms with Gasteiger partial charge in [0.15, 0.2) is 5.96 Å². The molecule has 0 radical (unpaired) electrons. The van der Waals surface area contributed by atoms with E-state index in [1.165, 1.54) is 0 Å². The first-order valence-electron chi connectivity index (χ1n) is 7.86.